The number of rotatable bonds is 5. The summed E-state index contributed by atoms with van der Waals surface area (Å²) in [6, 6.07) is 15.7. The highest BCUT2D eigenvalue weighted by Gasteiger charge is 2.51. The Balaban J connectivity index is 1.35. The summed E-state index contributed by atoms with van der Waals surface area (Å²) in [7, 11) is -0.364. The molecule has 0 atom stereocenters. The Hall–Kier alpha value is -2.90. The molecular formula is C24H27BN2O4. The monoisotopic (exact) mass is 418 g/mol. The van der Waals surface area contributed by atoms with E-state index in [1.54, 1.807) is 13.0 Å². The van der Waals surface area contributed by atoms with E-state index in [9.17, 15) is 4.79 Å². The molecule has 1 amide bonds. The summed E-state index contributed by atoms with van der Waals surface area (Å²) in [5.41, 5.74) is 2.64. The van der Waals surface area contributed by atoms with Crippen LogP contribution in [-0.4, -0.2) is 30.1 Å². The first-order valence-electron chi connectivity index (χ1n) is 10.4. The Kier molecular flexibility index (Phi) is 5.50. The lowest BCUT2D eigenvalue weighted by molar-refractivity contribution is -0.115. The van der Waals surface area contributed by atoms with Crippen LogP contribution in [0.2, 0.25) is 0 Å². The summed E-state index contributed by atoms with van der Waals surface area (Å²) in [6.07, 6.45) is 1.75. The summed E-state index contributed by atoms with van der Waals surface area (Å²) in [6.45, 7) is 10.4. The van der Waals surface area contributed by atoms with Crippen molar-refractivity contribution in [1.82, 2.24) is 5.32 Å². The zero-order valence-corrected chi connectivity index (χ0v) is 18.6. The van der Waals surface area contributed by atoms with Crippen LogP contribution in [0, 0.1) is 0 Å². The van der Waals surface area contributed by atoms with Crippen LogP contribution in [0.3, 0.4) is 0 Å². The predicted molar refractivity (Wildman–Crippen MR) is 122 cm³/mol. The maximum absolute atomic E-state index is 11.8. The van der Waals surface area contributed by atoms with E-state index in [4.69, 9.17) is 14.0 Å². The molecule has 2 aliphatic heterocycles. The molecule has 2 aromatic carbocycles. The molecular weight excluding hydrogens is 391 g/mol. The van der Waals surface area contributed by atoms with Crippen molar-refractivity contribution in [2.24, 2.45) is 4.99 Å². The lowest BCUT2D eigenvalue weighted by atomic mass is 9.79. The molecule has 0 aliphatic carbocycles. The fourth-order valence-corrected chi connectivity index (χ4v) is 3.32. The molecule has 1 saturated heterocycles. The predicted octanol–water partition coefficient (Wildman–Crippen LogP) is 3.45. The molecule has 6 nitrogen and oxygen atoms in total. The van der Waals surface area contributed by atoms with Crippen molar-refractivity contribution in [2.75, 3.05) is 0 Å². The third-order valence-corrected chi connectivity index (χ3v) is 5.91. The van der Waals surface area contributed by atoms with Gasteiger partial charge in [-0.2, -0.15) is 0 Å². The molecule has 1 fully saturated rings. The van der Waals surface area contributed by atoms with Crippen molar-refractivity contribution < 1.29 is 18.8 Å². The van der Waals surface area contributed by atoms with Gasteiger partial charge in [-0.3, -0.25) is 4.79 Å². The molecule has 1 N–H and O–H groups in total. The minimum absolute atomic E-state index is 0.179. The van der Waals surface area contributed by atoms with Crippen LogP contribution < -0.4 is 15.5 Å². The van der Waals surface area contributed by atoms with Gasteiger partial charge >= 0.3 is 7.12 Å². The largest absolute Gasteiger partial charge is 0.494 e. The van der Waals surface area contributed by atoms with Gasteiger partial charge in [0.15, 0.2) is 0 Å². The lowest BCUT2D eigenvalue weighted by Gasteiger charge is -2.32. The number of amides is 1. The van der Waals surface area contributed by atoms with Gasteiger partial charge in [-0.25, -0.2) is 4.99 Å². The SMILES string of the molecule is CC1=N/C(=C\c2ccc(OCc3ccc(B4OC(C)(C)C(C)(C)O4)cc3)cc2)C(=O)N1. The van der Waals surface area contributed by atoms with E-state index in [0.717, 1.165) is 22.3 Å². The summed E-state index contributed by atoms with van der Waals surface area (Å²) < 4.78 is 18.1. The molecule has 0 aromatic heterocycles. The first kappa shape index (κ1) is 21.3. The molecule has 0 bridgehead atoms. The number of benzene rings is 2. The minimum atomic E-state index is -0.364. The molecule has 0 unspecified atom stereocenters. The lowest BCUT2D eigenvalue weighted by Crippen LogP contribution is -2.41. The molecule has 2 aliphatic rings. The molecule has 31 heavy (non-hydrogen) atoms. The first-order chi connectivity index (χ1) is 14.6. The molecule has 0 spiro atoms. The van der Waals surface area contributed by atoms with Crippen LogP contribution in [0.1, 0.15) is 45.7 Å². The van der Waals surface area contributed by atoms with Gasteiger partial charge in [-0.1, -0.05) is 36.4 Å². The summed E-state index contributed by atoms with van der Waals surface area (Å²) in [5.74, 6) is 1.19. The fraction of sp³-hybridized carbons (Fsp3) is 0.333. The fourth-order valence-electron chi connectivity index (χ4n) is 3.32. The van der Waals surface area contributed by atoms with Gasteiger partial charge in [0.25, 0.3) is 5.91 Å². The highest BCUT2D eigenvalue weighted by molar-refractivity contribution is 6.62. The molecule has 2 heterocycles. The highest BCUT2D eigenvalue weighted by Crippen LogP contribution is 2.36. The molecule has 2 aromatic rings. The minimum Gasteiger partial charge on any atom is -0.489 e. The summed E-state index contributed by atoms with van der Waals surface area (Å²) in [5, 5.41) is 2.67. The average molecular weight is 418 g/mol. The van der Waals surface area contributed by atoms with Gasteiger partial charge in [-0.15, -0.1) is 0 Å². The molecule has 160 valence electrons. The van der Waals surface area contributed by atoms with E-state index in [1.807, 2.05) is 76.2 Å². The number of ether oxygens (including phenoxy) is 1. The third kappa shape index (κ3) is 4.58. The first-order valence-corrected chi connectivity index (χ1v) is 10.4. The second-order valence-corrected chi connectivity index (χ2v) is 8.87. The van der Waals surface area contributed by atoms with Crippen LogP contribution in [0.15, 0.2) is 59.2 Å². The Bertz CT molecular complexity index is 1020. The van der Waals surface area contributed by atoms with Crippen molar-refractivity contribution in [2.45, 2.75) is 52.4 Å². The van der Waals surface area contributed by atoms with Crippen molar-refractivity contribution in [3.05, 3.63) is 65.4 Å². The maximum Gasteiger partial charge on any atom is 0.494 e. The van der Waals surface area contributed by atoms with E-state index in [0.29, 0.717) is 18.1 Å². The Morgan fingerprint density at radius 3 is 2.16 bits per heavy atom. The number of hydrogen-bond donors (Lipinski definition) is 1. The van der Waals surface area contributed by atoms with Gasteiger partial charge in [0, 0.05) is 0 Å². The number of aliphatic imine (C=N–C) groups is 1. The maximum atomic E-state index is 11.8. The van der Waals surface area contributed by atoms with E-state index in [-0.39, 0.29) is 24.2 Å². The number of nitrogens with one attached hydrogen (secondary N) is 1. The van der Waals surface area contributed by atoms with Crippen LogP contribution in [0.25, 0.3) is 6.08 Å². The number of hydrogen-bond acceptors (Lipinski definition) is 5. The summed E-state index contributed by atoms with van der Waals surface area (Å²) >= 11 is 0. The van der Waals surface area contributed by atoms with Gasteiger partial charge in [0.1, 0.15) is 23.9 Å². The Morgan fingerprint density at radius 2 is 1.61 bits per heavy atom. The zero-order chi connectivity index (χ0) is 22.2. The van der Waals surface area contributed by atoms with Crippen LogP contribution >= 0.6 is 0 Å². The van der Waals surface area contributed by atoms with Gasteiger partial charge < -0.3 is 19.4 Å². The number of nitrogens with zero attached hydrogens (tertiary/aromatic N) is 1. The topological polar surface area (TPSA) is 69.1 Å². The molecule has 4 rings (SSSR count). The Labute approximate surface area is 183 Å². The van der Waals surface area contributed by atoms with Gasteiger partial charge in [0.05, 0.1) is 11.2 Å². The van der Waals surface area contributed by atoms with Crippen LogP contribution in [0.5, 0.6) is 5.75 Å². The zero-order valence-electron chi connectivity index (χ0n) is 18.6. The van der Waals surface area contributed by atoms with Crippen molar-refractivity contribution >= 4 is 30.4 Å². The second-order valence-electron chi connectivity index (χ2n) is 8.87. The molecule has 0 saturated carbocycles. The number of carbonyl (C=O) groups is 1. The van der Waals surface area contributed by atoms with Crippen molar-refractivity contribution in [3.8, 4) is 5.75 Å². The van der Waals surface area contributed by atoms with E-state index in [2.05, 4.69) is 10.3 Å². The highest BCUT2D eigenvalue weighted by atomic mass is 16.7. The van der Waals surface area contributed by atoms with E-state index < -0.39 is 0 Å². The second kappa shape index (κ2) is 7.98. The number of carbonyl (C=O) groups excluding carboxylic acids is 1. The normalized spacial score (nSPS) is 20.7. The quantitative estimate of drug-likeness (QED) is 0.597. The van der Waals surface area contributed by atoms with E-state index >= 15 is 0 Å². The van der Waals surface area contributed by atoms with Crippen molar-refractivity contribution in [1.29, 1.82) is 0 Å². The van der Waals surface area contributed by atoms with E-state index in [1.165, 1.54) is 0 Å². The molecule has 0 radical (unpaired) electrons. The smallest absolute Gasteiger partial charge is 0.489 e. The van der Waals surface area contributed by atoms with Crippen LogP contribution in [0.4, 0.5) is 0 Å². The number of amidine groups is 1. The van der Waals surface area contributed by atoms with Crippen LogP contribution in [-0.2, 0) is 20.7 Å². The average Bonchev–Trinajstić information content (AvgIpc) is 3.14. The third-order valence-electron chi connectivity index (χ3n) is 5.91. The van der Waals surface area contributed by atoms with Gasteiger partial charge in [-0.05, 0) is 69.4 Å². The standard InChI is InChI=1S/C24H27BN2O4/c1-16-26-21(22(28)27-16)14-17-8-12-20(13-9-17)29-15-18-6-10-19(11-7-18)25-30-23(2,3)24(4,5)31-25/h6-14H,15H2,1-5H3,(H,26,27,28)/b21-14-. The van der Waals surface area contributed by atoms with Crippen molar-refractivity contribution in [3.63, 3.8) is 0 Å². The summed E-state index contributed by atoms with van der Waals surface area (Å²) in [4.78, 5) is 15.9. The Morgan fingerprint density at radius 1 is 1.00 bits per heavy atom. The van der Waals surface area contributed by atoms with Gasteiger partial charge in [0.2, 0.25) is 0 Å². The molecule has 7 heteroatoms.